The normalized spacial score (nSPS) is 23.8. The highest BCUT2D eigenvalue weighted by Crippen LogP contribution is 2.28. The van der Waals surface area contributed by atoms with E-state index in [1.807, 2.05) is 18.5 Å². The summed E-state index contributed by atoms with van der Waals surface area (Å²) < 4.78 is 0. The van der Waals surface area contributed by atoms with Gasteiger partial charge in [0.05, 0.1) is 0 Å². The van der Waals surface area contributed by atoms with Crippen LogP contribution in [-0.4, -0.2) is 24.0 Å². The largest absolute Gasteiger partial charge is 0.367 e. The first kappa shape index (κ1) is 13.1. The van der Waals surface area contributed by atoms with Crippen LogP contribution in [0.1, 0.15) is 31.2 Å². The molecule has 1 amide bonds. The zero-order chi connectivity index (χ0) is 12.8. The van der Waals surface area contributed by atoms with Gasteiger partial charge in [-0.15, -0.1) is 0 Å². The van der Waals surface area contributed by atoms with Crippen LogP contribution in [0.2, 0.25) is 0 Å². The van der Waals surface area contributed by atoms with Crippen LogP contribution in [0, 0.1) is 11.8 Å². The van der Waals surface area contributed by atoms with Crippen molar-refractivity contribution in [3.8, 4) is 0 Å². The summed E-state index contributed by atoms with van der Waals surface area (Å²) >= 11 is 0. The molecule has 0 aromatic carbocycles. The van der Waals surface area contributed by atoms with E-state index in [1.54, 1.807) is 0 Å². The van der Waals surface area contributed by atoms with Gasteiger partial charge in [0.25, 0.3) is 0 Å². The third-order valence-corrected chi connectivity index (χ3v) is 3.93. The second-order valence-electron chi connectivity index (χ2n) is 5.21. The summed E-state index contributed by atoms with van der Waals surface area (Å²) in [7, 11) is 0. The summed E-state index contributed by atoms with van der Waals surface area (Å²) in [6, 6.07) is 2.04. The van der Waals surface area contributed by atoms with Crippen molar-refractivity contribution in [1.82, 2.24) is 10.3 Å². The zero-order valence-electron chi connectivity index (χ0n) is 10.8. The molecular weight excluding hydrogens is 226 g/mol. The molecule has 4 heteroatoms. The summed E-state index contributed by atoms with van der Waals surface area (Å²) in [5.74, 6) is 1.06. The average molecular weight is 249 g/mol. The van der Waals surface area contributed by atoms with E-state index in [4.69, 9.17) is 5.73 Å². The molecule has 18 heavy (non-hydrogen) atoms. The number of nitrogens with two attached hydrogens (primary N) is 1. The quantitative estimate of drug-likeness (QED) is 0.739. The number of aromatic amines is 1. The van der Waals surface area contributed by atoms with Crippen molar-refractivity contribution >= 4 is 5.91 Å². The number of amides is 1. The maximum Gasteiger partial charge on any atom is 0.223 e. The Morgan fingerprint density at radius 1 is 1.39 bits per heavy atom. The van der Waals surface area contributed by atoms with E-state index in [-0.39, 0.29) is 11.8 Å². The summed E-state index contributed by atoms with van der Waals surface area (Å²) in [6.45, 7) is 1.50. The van der Waals surface area contributed by atoms with Gasteiger partial charge < -0.3 is 16.0 Å². The Labute approximate surface area is 108 Å². The molecule has 1 aromatic rings. The van der Waals surface area contributed by atoms with Gasteiger partial charge in [0, 0.05) is 24.9 Å². The number of hydrogen-bond acceptors (Lipinski definition) is 2. The molecule has 100 valence electrons. The lowest BCUT2D eigenvalue weighted by molar-refractivity contribution is -0.126. The summed E-state index contributed by atoms with van der Waals surface area (Å²) in [5, 5.41) is 3.04. The van der Waals surface area contributed by atoms with Crippen LogP contribution in [0.5, 0.6) is 0 Å². The third-order valence-electron chi connectivity index (χ3n) is 3.93. The van der Waals surface area contributed by atoms with E-state index in [1.165, 1.54) is 5.56 Å². The number of nitrogens with one attached hydrogen (secondary N) is 2. The first-order chi connectivity index (χ1) is 8.79. The number of rotatable bonds is 5. The molecule has 0 bridgehead atoms. The number of aromatic nitrogens is 1. The van der Waals surface area contributed by atoms with Gasteiger partial charge in [-0.05, 0) is 56.2 Å². The number of hydrogen-bond donors (Lipinski definition) is 3. The van der Waals surface area contributed by atoms with Gasteiger partial charge in [0.15, 0.2) is 0 Å². The highest BCUT2D eigenvalue weighted by molar-refractivity contribution is 5.78. The van der Waals surface area contributed by atoms with Crippen molar-refractivity contribution in [3.05, 3.63) is 24.0 Å². The van der Waals surface area contributed by atoms with Crippen LogP contribution in [0.3, 0.4) is 0 Å². The molecule has 1 aliphatic carbocycles. The van der Waals surface area contributed by atoms with E-state index < -0.39 is 0 Å². The molecule has 1 aromatic heterocycles. The van der Waals surface area contributed by atoms with Gasteiger partial charge in [-0.25, -0.2) is 0 Å². The van der Waals surface area contributed by atoms with Crippen molar-refractivity contribution in [2.24, 2.45) is 17.6 Å². The second kappa shape index (κ2) is 6.59. The van der Waals surface area contributed by atoms with Crippen LogP contribution >= 0.6 is 0 Å². The van der Waals surface area contributed by atoms with Crippen molar-refractivity contribution in [3.63, 3.8) is 0 Å². The lowest BCUT2D eigenvalue weighted by atomic mass is 9.81. The molecule has 4 nitrogen and oxygen atoms in total. The van der Waals surface area contributed by atoms with E-state index >= 15 is 0 Å². The molecule has 1 heterocycles. The molecule has 1 fully saturated rings. The van der Waals surface area contributed by atoms with Gasteiger partial charge in [0.1, 0.15) is 0 Å². The fourth-order valence-corrected chi connectivity index (χ4v) is 2.65. The van der Waals surface area contributed by atoms with Gasteiger partial charge in [0.2, 0.25) is 5.91 Å². The fourth-order valence-electron chi connectivity index (χ4n) is 2.65. The molecule has 4 N–H and O–H groups in total. The van der Waals surface area contributed by atoms with Gasteiger partial charge in [-0.2, -0.15) is 0 Å². The summed E-state index contributed by atoms with van der Waals surface area (Å²) in [5.41, 5.74) is 6.89. The molecule has 1 saturated carbocycles. The lowest BCUT2D eigenvalue weighted by Crippen LogP contribution is -2.35. The van der Waals surface area contributed by atoms with Gasteiger partial charge in [-0.3, -0.25) is 4.79 Å². The molecule has 0 radical (unpaired) electrons. The van der Waals surface area contributed by atoms with Gasteiger partial charge in [-0.1, -0.05) is 0 Å². The van der Waals surface area contributed by atoms with Crippen LogP contribution in [0.15, 0.2) is 18.5 Å². The molecule has 0 saturated heterocycles. The minimum atomic E-state index is 0.207. The lowest BCUT2D eigenvalue weighted by Gasteiger charge is -2.26. The monoisotopic (exact) mass is 249 g/mol. The van der Waals surface area contributed by atoms with E-state index in [0.29, 0.717) is 5.92 Å². The minimum Gasteiger partial charge on any atom is -0.367 e. The predicted octanol–water partition coefficient (Wildman–Crippen LogP) is 1.44. The van der Waals surface area contributed by atoms with Crippen molar-refractivity contribution < 1.29 is 4.79 Å². The summed E-state index contributed by atoms with van der Waals surface area (Å²) in [6.07, 6.45) is 8.98. The SMILES string of the molecule is NCC1CCC(C(=O)NCCc2cc[nH]c2)CC1. The molecule has 0 spiro atoms. The van der Waals surface area contributed by atoms with Crippen LogP contribution in [0.4, 0.5) is 0 Å². The Balaban J connectivity index is 1.66. The molecule has 2 rings (SSSR count). The highest BCUT2D eigenvalue weighted by Gasteiger charge is 2.25. The topological polar surface area (TPSA) is 70.9 Å². The van der Waals surface area contributed by atoms with Gasteiger partial charge >= 0.3 is 0 Å². The summed E-state index contributed by atoms with van der Waals surface area (Å²) in [4.78, 5) is 15.0. The van der Waals surface area contributed by atoms with Crippen LogP contribution in [0.25, 0.3) is 0 Å². The molecular formula is C14H23N3O. The third kappa shape index (κ3) is 3.60. The minimum absolute atomic E-state index is 0.207. The first-order valence-electron chi connectivity index (χ1n) is 6.89. The van der Waals surface area contributed by atoms with Crippen molar-refractivity contribution in [1.29, 1.82) is 0 Å². The molecule has 0 unspecified atom stereocenters. The second-order valence-corrected chi connectivity index (χ2v) is 5.21. The first-order valence-corrected chi connectivity index (χ1v) is 6.89. The molecule has 0 aliphatic heterocycles. The van der Waals surface area contributed by atoms with E-state index in [9.17, 15) is 4.79 Å². The van der Waals surface area contributed by atoms with Crippen molar-refractivity contribution in [2.45, 2.75) is 32.1 Å². The van der Waals surface area contributed by atoms with E-state index in [2.05, 4.69) is 10.3 Å². The van der Waals surface area contributed by atoms with Crippen LogP contribution < -0.4 is 11.1 Å². The maximum absolute atomic E-state index is 12.0. The number of carbonyl (C=O) groups excluding carboxylic acids is 1. The fraction of sp³-hybridized carbons (Fsp3) is 0.643. The average Bonchev–Trinajstić information content (AvgIpc) is 2.92. The standard InChI is InChI=1S/C14H23N3O/c15-9-11-1-3-13(4-2-11)14(18)17-8-6-12-5-7-16-10-12/h5,7,10-11,13,16H,1-4,6,8-9,15H2,(H,17,18). The Bertz CT molecular complexity index is 353. The Morgan fingerprint density at radius 2 is 2.17 bits per heavy atom. The number of H-pyrrole nitrogens is 1. The Morgan fingerprint density at radius 3 is 2.78 bits per heavy atom. The molecule has 1 aliphatic rings. The highest BCUT2D eigenvalue weighted by atomic mass is 16.1. The Kier molecular flexibility index (Phi) is 4.81. The zero-order valence-corrected chi connectivity index (χ0v) is 10.8. The maximum atomic E-state index is 12.0. The Hall–Kier alpha value is -1.29. The van der Waals surface area contributed by atoms with Crippen molar-refractivity contribution in [2.75, 3.05) is 13.1 Å². The predicted molar refractivity (Wildman–Crippen MR) is 72.0 cm³/mol. The van der Waals surface area contributed by atoms with E-state index in [0.717, 1.165) is 45.2 Å². The molecule has 0 atom stereocenters. The van der Waals surface area contributed by atoms with Crippen LogP contribution in [-0.2, 0) is 11.2 Å². The number of carbonyl (C=O) groups is 1. The smallest absolute Gasteiger partial charge is 0.223 e.